The molecule has 20 heavy (non-hydrogen) atoms. The van der Waals surface area contributed by atoms with Gasteiger partial charge in [-0.15, -0.1) is 0 Å². The van der Waals surface area contributed by atoms with Gasteiger partial charge in [0.2, 0.25) is 0 Å². The van der Waals surface area contributed by atoms with E-state index < -0.39 is 0 Å². The van der Waals surface area contributed by atoms with Crippen LogP contribution >= 0.6 is 27.5 Å². The van der Waals surface area contributed by atoms with Crippen LogP contribution in [-0.4, -0.2) is 18.0 Å². The van der Waals surface area contributed by atoms with Crippen molar-refractivity contribution in [3.63, 3.8) is 0 Å². The highest BCUT2D eigenvalue weighted by atomic mass is 79.9. The minimum absolute atomic E-state index is 0.125. The van der Waals surface area contributed by atoms with Crippen LogP contribution in [0.1, 0.15) is 25.7 Å². The summed E-state index contributed by atoms with van der Waals surface area (Å²) in [4.78, 5) is 6.85. The second kappa shape index (κ2) is 4.38. The molecule has 4 rings (SSSR count). The molecular formula is C15H17BrClN3. The molecule has 2 fully saturated rings. The maximum absolute atomic E-state index is 6.21. The fraction of sp³-hybridized carbons (Fsp3) is 0.533. The highest BCUT2D eigenvalue weighted by Gasteiger charge is 2.57. The third-order valence-electron chi connectivity index (χ3n) is 5.29. The zero-order chi connectivity index (χ0) is 13.9. The van der Waals surface area contributed by atoms with Crippen LogP contribution in [0.3, 0.4) is 0 Å². The lowest BCUT2D eigenvalue weighted by Gasteiger charge is -2.42. The summed E-state index contributed by atoms with van der Waals surface area (Å²) in [5.74, 6) is 2.25. The van der Waals surface area contributed by atoms with Crippen molar-refractivity contribution in [2.75, 3.05) is 11.4 Å². The van der Waals surface area contributed by atoms with E-state index >= 15 is 0 Å². The topological polar surface area (TPSA) is 41.6 Å². The molecule has 1 aliphatic heterocycles. The van der Waals surface area contributed by atoms with Gasteiger partial charge in [-0.05, 0) is 71.6 Å². The Kier molecular flexibility index (Phi) is 2.84. The number of hydrogen-bond acceptors (Lipinski definition) is 3. The van der Waals surface area contributed by atoms with Gasteiger partial charge in [-0.1, -0.05) is 11.6 Å². The van der Waals surface area contributed by atoms with Crippen molar-refractivity contribution in [1.29, 1.82) is 0 Å². The van der Waals surface area contributed by atoms with E-state index in [0.717, 1.165) is 33.6 Å². The number of anilines is 1. The third-order valence-corrected chi connectivity index (χ3v) is 6.51. The minimum atomic E-state index is 0.125. The second-order valence-corrected chi connectivity index (χ2v) is 7.55. The van der Waals surface area contributed by atoms with Crippen LogP contribution in [0.4, 0.5) is 5.69 Å². The fourth-order valence-corrected chi connectivity index (χ4v) is 4.97. The molecule has 1 aromatic rings. The predicted molar refractivity (Wildman–Crippen MR) is 86.3 cm³/mol. The minimum Gasteiger partial charge on any atom is -0.369 e. The van der Waals surface area contributed by atoms with Crippen LogP contribution < -0.4 is 10.6 Å². The van der Waals surface area contributed by atoms with Crippen molar-refractivity contribution in [2.45, 2.75) is 31.2 Å². The number of aliphatic imine (C=N–C) groups is 1. The number of hydrogen-bond donors (Lipinski definition) is 1. The smallest absolute Gasteiger partial charge is 0.196 e. The molecule has 3 atom stereocenters. The summed E-state index contributed by atoms with van der Waals surface area (Å²) in [6.07, 6.45) is 5.26. The molecule has 5 heteroatoms. The van der Waals surface area contributed by atoms with Gasteiger partial charge in [0, 0.05) is 10.2 Å². The second-order valence-electron chi connectivity index (χ2n) is 6.29. The van der Waals surface area contributed by atoms with Gasteiger partial charge in [-0.2, -0.15) is 0 Å². The number of nitrogens with two attached hydrogens (primary N) is 1. The number of halogens is 2. The summed E-state index contributed by atoms with van der Waals surface area (Å²) in [7, 11) is 0. The van der Waals surface area contributed by atoms with E-state index in [1.165, 1.54) is 25.7 Å². The normalized spacial score (nSPS) is 35.1. The van der Waals surface area contributed by atoms with Gasteiger partial charge in [0.05, 0.1) is 17.1 Å². The Morgan fingerprint density at radius 3 is 2.90 bits per heavy atom. The summed E-state index contributed by atoms with van der Waals surface area (Å²) >= 11 is 9.62. The predicted octanol–water partition coefficient (Wildman–Crippen LogP) is 3.80. The fourth-order valence-electron chi connectivity index (χ4n) is 4.48. The molecule has 3 nitrogen and oxygen atoms in total. The standard InChI is InChI=1S/C15H17BrClN3/c16-12-6-11(3-4-13(12)17)20-14(18)19-8-15(20)7-9-1-2-10(15)5-9/h3-4,6,9-10H,1-2,5,7-8H2,(H2,18,19). The monoisotopic (exact) mass is 353 g/mol. The zero-order valence-corrected chi connectivity index (χ0v) is 13.5. The van der Waals surface area contributed by atoms with E-state index in [2.05, 4.69) is 38.0 Å². The lowest BCUT2D eigenvalue weighted by Crippen LogP contribution is -2.55. The quantitative estimate of drug-likeness (QED) is 0.833. The van der Waals surface area contributed by atoms with Gasteiger partial charge in [0.1, 0.15) is 0 Å². The lowest BCUT2D eigenvalue weighted by molar-refractivity contribution is 0.293. The number of nitrogens with zero attached hydrogens (tertiary/aromatic N) is 2. The Hall–Kier alpha value is -0.740. The number of benzene rings is 1. The van der Waals surface area contributed by atoms with Gasteiger partial charge in [0.15, 0.2) is 5.96 Å². The van der Waals surface area contributed by atoms with E-state index in [-0.39, 0.29) is 5.54 Å². The van der Waals surface area contributed by atoms with Crippen molar-refractivity contribution in [2.24, 2.45) is 22.6 Å². The van der Waals surface area contributed by atoms with Gasteiger partial charge in [-0.3, -0.25) is 4.99 Å². The molecule has 3 aliphatic rings. The van der Waals surface area contributed by atoms with Crippen molar-refractivity contribution in [1.82, 2.24) is 0 Å². The Labute approximate surface area is 132 Å². The first-order valence-corrected chi connectivity index (χ1v) is 8.32. The van der Waals surface area contributed by atoms with E-state index in [4.69, 9.17) is 17.3 Å². The van der Waals surface area contributed by atoms with Crippen molar-refractivity contribution >= 4 is 39.2 Å². The van der Waals surface area contributed by atoms with Gasteiger partial charge in [0.25, 0.3) is 0 Å². The van der Waals surface area contributed by atoms with Crippen LogP contribution in [0.5, 0.6) is 0 Å². The Bertz CT molecular complexity index is 603. The van der Waals surface area contributed by atoms with E-state index in [0.29, 0.717) is 5.96 Å². The summed E-state index contributed by atoms with van der Waals surface area (Å²) in [5, 5.41) is 0.727. The first-order chi connectivity index (χ1) is 9.60. The van der Waals surface area contributed by atoms with Crippen molar-refractivity contribution < 1.29 is 0 Å². The maximum atomic E-state index is 6.21. The molecule has 2 aliphatic carbocycles. The van der Waals surface area contributed by atoms with Crippen molar-refractivity contribution in [3.05, 3.63) is 27.7 Å². The summed E-state index contributed by atoms with van der Waals surface area (Å²) in [6.45, 7) is 0.847. The zero-order valence-electron chi connectivity index (χ0n) is 11.1. The highest BCUT2D eigenvalue weighted by Crippen LogP contribution is 2.55. The molecule has 2 saturated carbocycles. The third kappa shape index (κ3) is 1.67. The van der Waals surface area contributed by atoms with Crippen LogP contribution in [0.25, 0.3) is 0 Å². The van der Waals surface area contributed by atoms with E-state index in [9.17, 15) is 0 Å². The first-order valence-electron chi connectivity index (χ1n) is 7.15. The number of fused-ring (bicyclic) bond motifs is 3. The molecule has 0 amide bonds. The molecule has 2 bridgehead atoms. The molecule has 0 radical (unpaired) electrons. The molecule has 3 unspecified atom stereocenters. The van der Waals surface area contributed by atoms with Crippen LogP contribution in [0.2, 0.25) is 5.02 Å². The van der Waals surface area contributed by atoms with Crippen LogP contribution in [-0.2, 0) is 0 Å². The largest absolute Gasteiger partial charge is 0.369 e. The Balaban J connectivity index is 1.77. The van der Waals surface area contributed by atoms with E-state index in [1.54, 1.807) is 0 Å². The molecule has 1 spiro atoms. The molecular weight excluding hydrogens is 338 g/mol. The highest BCUT2D eigenvalue weighted by molar-refractivity contribution is 9.10. The molecule has 2 N–H and O–H groups in total. The average Bonchev–Trinajstić information content (AvgIpc) is 3.09. The molecule has 0 saturated heterocycles. The van der Waals surface area contributed by atoms with Gasteiger partial charge >= 0.3 is 0 Å². The number of guanidine groups is 1. The SMILES string of the molecule is NC1=NCC2(CC3CCC2C3)N1c1ccc(Cl)c(Br)c1. The maximum Gasteiger partial charge on any atom is 0.196 e. The van der Waals surface area contributed by atoms with Crippen molar-refractivity contribution in [3.8, 4) is 0 Å². The van der Waals surface area contributed by atoms with E-state index in [1.807, 2.05) is 6.07 Å². The molecule has 106 valence electrons. The molecule has 0 aromatic heterocycles. The molecule has 1 heterocycles. The summed E-state index contributed by atoms with van der Waals surface area (Å²) in [5.41, 5.74) is 7.44. The van der Waals surface area contributed by atoms with Crippen LogP contribution in [0.15, 0.2) is 27.7 Å². The Morgan fingerprint density at radius 2 is 2.25 bits per heavy atom. The van der Waals surface area contributed by atoms with Gasteiger partial charge in [-0.25, -0.2) is 0 Å². The summed E-state index contributed by atoms with van der Waals surface area (Å²) < 4.78 is 0.912. The van der Waals surface area contributed by atoms with Crippen LogP contribution in [0, 0.1) is 11.8 Å². The Morgan fingerprint density at radius 1 is 1.40 bits per heavy atom. The lowest BCUT2D eigenvalue weighted by atomic mass is 9.80. The first kappa shape index (κ1) is 13.0. The van der Waals surface area contributed by atoms with Gasteiger partial charge < -0.3 is 10.6 Å². The summed E-state index contributed by atoms with van der Waals surface area (Å²) in [6, 6.07) is 6.03. The molecule has 1 aromatic carbocycles. The number of rotatable bonds is 1. The average molecular weight is 355 g/mol.